The molecule has 114 valence electrons. The second-order valence-corrected chi connectivity index (χ2v) is 7.15. The van der Waals surface area contributed by atoms with Crippen LogP contribution in [0.5, 0.6) is 0 Å². The van der Waals surface area contributed by atoms with E-state index < -0.39 is 10.0 Å². The van der Waals surface area contributed by atoms with Crippen LogP contribution in [-0.4, -0.2) is 15.0 Å². The van der Waals surface area contributed by atoms with Crippen LogP contribution < -0.4 is 4.72 Å². The summed E-state index contributed by atoms with van der Waals surface area (Å²) in [5.74, 6) is 5.61. The van der Waals surface area contributed by atoms with E-state index in [0.29, 0.717) is 15.6 Å². The molecule has 0 radical (unpaired) electrons. The predicted molar refractivity (Wildman–Crippen MR) is 89.7 cm³/mol. The number of hydrogen-bond acceptors (Lipinski definition) is 2. The second kappa shape index (κ2) is 7.17. The van der Waals surface area contributed by atoms with Crippen molar-refractivity contribution in [3.05, 3.63) is 63.6 Å². The molecule has 2 rings (SSSR count). The number of nitrogens with one attached hydrogen (secondary N) is 1. The molecule has 0 aliphatic rings. The maximum atomic E-state index is 12.2. The smallest absolute Gasteiger partial charge is 0.207 e. The number of sulfonamides is 1. The molecule has 2 aromatic rings. The third-order valence-electron chi connectivity index (χ3n) is 2.85. The van der Waals surface area contributed by atoms with E-state index in [0.717, 1.165) is 5.56 Å². The van der Waals surface area contributed by atoms with Gasteiger partial charge in [-0.25, -0.2) is 8.42 Å². The summed E-state index contributed by atoms with van der Waals surface area (Å²) in [6.07, 6.45) is 0. The first kappa shape index (κ1) is 16.9. The largest absolute Gasteiger partial charge is 0.241 e. The highest BCUT2D eigenvalue weighted by molar-refractivity contribution is 7.89. The lowest BCUT2D eigenvalue weighted by Crippen LogP contribution is -2.24. The Balaban J connectivity index is 2.10. The first-order chi connectivity index (χ1) is 10.4. The summed E-state index contributed by atoms with van der Waals surface area (Å²) < 4.78 is 26.9. The average molecular weight is 354 g/mol. The van der Waals surface area contributed by atoms with Crippen molar-refractivity contribution in [3.63, 3.8) is 0 Å². The van der Waals surface area contributed by atoms with Crippen molar-refractivity contribution in [2.45, 2.75) is 11.8 Å². The van der Waals surface area contributed by atoms with Crippen molar-refractivity contribution in [2.75, 3.05) is 6.54 Å². The number of benzene rings is 2. The first-order valence-corrected chi connectivity index (χ1v) is 8.63. The van der Waals surface area contributed by atoms with Crippen molar-refractivity contribution >= 4 is 33.2 Å². The van der Waals surface area contributed by atoms with Gasteiger partial charge in [0.25, 0.3) is 0 Å². The van der Waals surface area contributed by atoms with Gasteiger partial charge in [0.2, 0.25) is 10.0 Å². The van der Waals surface area contributed by atoms with Gasteiger partial charge in [-0.2, -0.15) is 4.72 Å². The number of halogens is 2. The topological polar surface area (TPSA) is 46.2 Å². The molecule has 2 aromatic carbocycles. The fourth-order valence-corrected chi connectivity index (χ4v) is 3.40. The fourth-order valence-electron chi connectivity index (χ4n) is 1.78. The quantitative estimate of drug-likeness (QED) is 0.856. The van der Waals surface area contributed by atoms with Gasteiger partial charge in [0.15, 0.2) is 0 Å². The lowest BCUT2D eigenvalue weighted by molar-refractivity contribution is 0.585. The van der Waals surface area contributed by atoms with Gasteiger partial charge in [0.1, 0.15) is 0 Å². The highest BCUT2D eigenvalue weighted by Crippen LogP contribution is 2.19. The number of rotatable bonds is 3. The van der Waals surface area contributed by atoms with Crippen LogP contribution in [0.15, 0.2) is 47.4 Å². The number of hydrogen-bond donors (Lipinski definition) is 1. The van der Waals surface area contributed by atoms with E-state index in [9.17, 15) is 8.42 Å². The van der Waals surface area contributed by atoms with Gasteiger partial charge in [-0.05, 0) is 42.8 Å². The molecule has 0 unspecified atom stereocenters. The van der Waals surface area contributed by atoms with Crippen LogP contribution >= 0.6 is 23.2 Å². The molecule has 22 heavy (non-hydrogen) atoms. The maximum Gasteiger partial charge on any atom is 0.241 e. The molecule has 6 heteroatoms. The Labute approximate surface area is 140 Å². The van der Waals surface area contributed by atoms with E-state index in [1.165, 1.54) is 6.07 Å². The SMILES string of the molecule is Cc1ccc(Cl)cc1S(=O)(=O)NCC#Cc1cccc(Cl)c1. The second-order valence-electron chi connectivity index (χ2n) is 4.55. The van der Waals surface area contributed by atoms with Gasteiger partial charge in [-0.1, -0.05) is 47.2 Å². The molecule has 0 spiro atoms. The molecular formula is C16H13Cl2NO2S. The van der Waals surface area contributed by atoms with Gasteiger partial charge < -0.3 is 0 Å². The Hall–Kier alpha value is -1.51. The molecule has 0 aliphatic carbocycles. The first-order valence-electron chi connectivity index (χ1n) is 6.39. The Bertz CT molecular complexity index is 852. The lowest BCUT2D eigenvalue weighted by atomic mass is 10.2. The van der Waals surface area contributed by atoms with E-state index in [-0.39, 0.29) is 11.4 Å². The van der Waals surface area contributed by atoms with Gasteiger partial charge in [-0.3, -0.25) is 0 Å². The minimum absolute atomic E-state index is 0.000794. The van der Waals surface area contributed by atoms with Crippen LogP contribution in [0.1, 0.15) is 11.1 Å². The van der Waals surface area contributed by atoms with Crippen LogP contribution in [-0.2, 0) is 10.0 Å². The zero-order valence-electron chi connectivity index (χ0n) is 11.7. The standard InChI is InChI=1S/C16H13Cl2NO2S/c1-12-7-8-15(18)11-16(12)22(20,21)19-9-3-5-13-4-2-6-14(17)10-13/h2,4,6-8,10-11,19H,9H2,1H3. The minimum Gasteiger partial charge on any atom is -0.207 e. The van der Waals surface area contributed by atoms with Gasteiger partial charge in [0.05, 0.1) is 11.4 Å². The lowest BCUT2D eigenvalue weighted by Gasteiger charge is -2.07. The monoisotopic (exact) mass is 353 g/mol. The highest BCUT2D eigenvalue weighted by atomic mass is 35.5. The molecule has 1 N–H and O–H groups in total. The molecular weight excluding hydrogens is 341 g/mol. The molecule has 0 aliphatic heterocycles. The van der Waals surface area contributed by atoms with E-state index >= 15 is 0 Å². The zero-order valence-corrected chi connectivity index (χ0v) is 14.1. The Morgan fingerprint density at radius 1 is 1.09 bits per heavy atom. The van der Waals surface area contributed by atoms with Crippen molar-refractivity contribution in [1.29, 1.82) is 0 Å². The summed E-state index contributed by atoms with van der Waals surface area (Å²) in [4.78, 5) is 0.157. The molecule has 0 heterocycles. The van der Waals surface area contributed by atoms with Crippen LogP contribution in [0, 0.1) is 18.8 Å². The summed E-state index contributed by atoms with van der Waals surface area (Å²) in [6, 6.07) is 11.8. The summed E-state index contributed by atoms with van der Waals surface area (Å²) in [7, 11) is -3.64. The molecule has 0 fully saturated rings. The van der Waals surface area contributed by atoms with Crippen LogP contribution in [0.3, 0.4) is 0 Å². The van der Waals surface area contributed by atoms with E-state index in [1.54, 1.807) is 43.3 Å². The third kappa shape index (κ3) is 4.49. The molecule has 0 amide bonds. The predicted octanol–water partition coefficient (Wildman–Crippen LogP) is 3.63. The van der Waals surface area contributed by atoms with Gasteiger partial charge in [0, 0.05) is 15.6 Å². The summed E-state index contributed by atoms with van der Waals surface area (Å²) in [6.45, 7) is 1.71. The van der Waals surface area contributed by atoms with Crippen molar-refractivity contribution < 1.29 is 8.42 Å². The highest BCUT2D eigenvalue weighted by Gasteiger charge is 2.16. The molecule has 0 aromatic heterocycles. The summed E-state index contributed by atoms with van der Waals surface area (Å²) in [5.41, 5.74) is 1.35. The molecule has 0 bridgehead atoms. The molecule has 3 nitrogen and oxygen atoms in total. The van der Waals surface area contributed by atoms with Crippen LogP contribution in [0.4, 0.5) is 0 Å². The van der Waals surface area contributed by atoms with E-state index in [4.69, 9.17) is 23.2 Å². The maximum absolute atomic E-state index is 12.2. The molecule has 0 atom stereocenters. The Morgan fingerprint density at radius 3 is 2.55 bits per heavy atom. The average Bonchev–Trinajstić information content (AvgIpc) is 2.46. The Morgan fingerprint density at radius 2 is 1.82 bits per heavy atom. The third-order valence-corrected chi connectivity index (χ3v) is 4.86. The summed E-state index contributed by atoms with van der Waals surface area (Å²) in [5, 5.41) is 0.956. The van der Waals surface area contributed by atoms with Gasteiger partial charge in [-0.15, -0.1) is 0 Å². The fraction of sp³-hybridized carbons (Fsp3) is 0.125. The zero-order chi connectivity index (χ0) is 16.2. The molecule has 0 saturated heterocycles. The molecule has 0 saturated carbocycles. The summed E-state index contributed by atoms with van der Waals surface area (Å²) >= 11 is 11.7. The van der Waals surface area contributed by atoms with Crippen molar-refractivity contribution in [3.8, 4) is 11.8 Å². The van der Waals surface area contributed by atoms with E-state index in [2.05, 4.69) is 16.6 Å². The van der Waals surface area contributed by atoms with Crippen LogP contribution in [0.25, 0.3) is 0 Å². The normalized spacial score (nSPS) is 10.9. The van der Waals surface area contributed by atoms with Crippen molar-refractivity contribution in [2.24, 2.45) is 0 Å². The Kier molecular flexibility index (Phi) is 5.49. The van der Waals surface area contributed by atoms with Crippen LogP contribution in [0.2, 0.25) is 10.0 Å². The number of aryl methyl sites for hydroxylation is 1. The van der Waals surface area contributed by atoms with Gasteiger partial charge >= 0.3 is 0 Å². The minimum atomic E-state index is -3.64. The van der Waals surface area contributed by atoms with E-state index in [1.807, 2.05) is 0 Å². The van der Waals surface area contributed by atoms with Crippen molar-refractivity contribution in [1.82, 2.24) is 4.72 Å².